The van der Waals surface area contributed by atoms with Crippen molar-refractivity contribution in [3.05, 3.63) is 40.6 Å². The Hall–Kier alpha value is -2.15. The molecule has 1 heterocycles. The molecule has 152 valence electrons. The molecule has 0 unspecified atom stereocenters. The smallest absolute Gasteiger partial charge is 0.328 e. The van der Waals surface area contributed by atoms with Crippen molar-refractivity contribution in [3.8, 4) is 5.75 Å². The molecule has 1 atom stereocenters. The maximum atomic E-state index is 14.1. The molecule has 3 rings (SSSR count). The maximum absolute atomic E-state index is 14.1. The highest BCUT2D eigenvalue weighted by atomic mass is 35.5. The predicted octanol–water partition coefficient (Wildman–Crippen LogP) is 4.24. The van der Waals surface area contributed by atoms with Gasteiger partial charge in [-0.2, -0.15) is 0 Å². The van der Waals surface area contributed by atoms with Gasteiger partial charge in [0.2, 0.25) is 0 Å². The number of rotatable bonds is 6. The molecule has 1 fully saturated rings. The van der Waals surface area contributed by atoms with E-state index in [0.717, 1.165) is 43.9 Å². The molecule has 28 heavy (non-hydrogen) atoms. The van der Waals surface area contributed by atoms with Gasteiger partial charge >= 0.3 is 5.97 Å². The van der Waals surface area contributed by atoms with Gasteiger partial charge in [0, 0.05) is 6.08 Å². The average Bonchev–Trinajstić information content (AvgIpc) is 3.06. The van der Waals surface area contributed by atoms with Gasteiger partial charge in [-0.25, -0.2) is 13.6 Å². The van der Waals surface area contributed by atoms with Crippen LogP contribution in [0.1, 0.15) is 38.5 Å². The van der Waals surface area contributed by atoms with E-state index in [4.69, 9.17) is 21.1 Å². The number of halogens is 3. The van der Waals surface area contributed by atoms with Crippen LogP contribution in [0.2, 0.25) is 5.02 Å². The lowest BCUT2D eigenvalue weighted by Crippen LogP contribution is -2.44. The largest absolute Gasteiger partial charge is 0.467 e. The molecule has 2 aliphatic rings. The van der Waals surface area contributed by atoms with Crippen LogP contribution >= 0.6 is 11.6 Å². The van der Waals surface area contributed by atoms with Crippen molar-refractivity contribution < 1.29 is 27.8 Å². The second kappa shape index (κ2) is 8.90. The first-order valence-corrected chi connectivity index (χ1v) is 9.69. The zero-order chi connectivity index (χ0) is 20.3. The lowest BCUT2D eigenvalue weighted by Gasteiger charge is -2.30. The Labute approximate surface area is 167 Å². The number of hydrogen-bond acceptors (Lipinski definition) is 4. The van der Waals surface area contributed by atoms with Crippen LogP contribution in [-0.4, -0.2) is 36.5 Å². The molecular weight excluding hydrogens is 392 g/mol. The topological polar surface area (TPSA) is 55.8 Å². The number of esters is 1. The Kier molecular flexibility index (Phi) is 6.54. The fraction of sp³-hybridized carbons (Fsp3) is 0.500. The van der Waals surface area contributed by atoms with E-state index in [1.165, 1.54) is 18.4 Å². The van der Waals surface area contributed by atoms with E-state index < -0.39 is 35.3 Å². The van der Waals surface area contributed by atoms with Gasteiger partial charge in [-0.05, 0) is 24.5 Å². The summed E-state index contributed by atoms with van der Waals surface area (Å²) >= 11 is 5.67. The van der Waals surface area contributed by atoms with Crippen LogP contribution in [0.25, 0.3) is 0 Å². The molecule has 0 bridgehead atoms. The van der Waals surface area contributed by atoms with Crippen molar-refractivity contribution in [3.63, 3.8) is 0 Å². The number of nitrogens with zero attached hydrogens (tertiary/aromatic N) is 1. The van der Waals surface area contributed by atoms with E-state index >= 15 is 0 Å². The van der Waals surface area contributed by atoms with Gasteiger partial charge in [-0.1, -0.05) is 43.7 Å². The second-order valence-corrected chi connectivity index (χ2v) is 7.54. The van der Waals surface area contributed by atoms with Gasteiger partial charge < -0.3 is 14.4 Å². The SMILES string of the molecule is COC(=O)[C@H](CC1CCCCC1)N1CC(Oc2c(F)ccc(Cl)c2F)=CC1=O. The van der Waals surface area contributed by atoms with Crippen molar-refractivity contribution in [1.29, 1.82) is 0 Å². The Bertz CT molecular complexity index is 793. The molecule has 1 aliphatic carbocycles. The van der Waals surface area contributed by atoms with E-state index in [-0.39, 0.29) is 17.3 Å². The van der Waals surface area contributed by atoms with E-state index in [0.29, 0.717) is 12.3 Å². The summed E-state index contributed by atoms with van der Waals surface area (Å²) < 4.78 is 38.1. The van der Waals surface area contributed by atoms with E-state index in [1.54, 1.807) is 0 Å². The summed E-state index contributed by atoms with van der Waals surface area (Å²) in [6.07, 6.45) is 7.03. The van der Waals surface area contributed by atoms with Crippen molar-refractivity contribution in [2.24, 2.45) is 5.92 Å². The molecule has 1 aromatic rings. The summed E-state index contributed by atoms with van der Waals surface area (Å²) in [4.78, 5) is 26.1. The Balaban J connectivity index is 1.74. The molecule has 0 spiro atoms. The fourth-order valence-electron chi connectivity index (χ4n) is 3.80. The number of hydrogen-bond donors (Lipinski definition) is 0. The van der Waals surface area contributed by atoms with Crippen molar-refractivity contribution in [2.45, 2.75) is 44.6 Å². The standard InChI is InChI=1S/C20H22ClF2NO4/c1-27-20(26)16(9-12-5-3-2-4-6-12)24-11-13(10-17(24)25)28-19-15(22)8-7-14(21)18(19)23/h7-8,10,12,16H,2-6,9,11H2,1H3/t16-/m0/s1. The highest BCUT2D eigenvalue weighted by Gasteiger charge is 2.37. The number of carbonyl (C=O) groups excluding carboxylic acids is 2. The number of benzene rings is 1. The fourth-order valence-corrected chi connectivity index (χ4v) is 3.94. The van der Waals surface area contributed by atoms with Crippen LogP contribution in [0, 0.1) is 17.6 Å². The zero-order valence-corrected chi connectivity index (χ0v) is 16.3. The molecule has 8 heteroatoms. The van der Waals surface area contributed by atoms with Crippen LogP contribution in [0.4, 0.5) is 8.78 Å². The van der Waals surface area contributed by atoms with Crippen molar-refractivity contribution in [1.82, 2.24) is 4.90 Å². The van der Waals surface area contributed by atoms with E-state index in [9.17, 15) is 18.4 Å². The first kappa shape index (κ1) is 20.6. The molecule has 1 aliphatic heterocycles. The monoisotopic (exact) mass is 413 g/mol. The molecule has 0 saturated heterocycles. The molecule has 0 N–H and O–H groups in total. The highest BCUT2D eigenvalue weighted by Crippen LogP contribution is 2.32. The molecule has 1 aromatic carbocycles. The molecule has 1 amide bonds. The summed E-state index contributed by atoms with van der Waals surface area (Å²) in [5.74, 6) is -3.23. The molecule has 5 nitrogen and oxygen atoms in total. The average molecular weight is 414 g/mol. The van der Waals surface area contributed by atoms with Crippen LogP contribution in [0.5, 0.6) is 5.75 Å². The van der Waals surface area contributed by atoms with E-state index in [1.807, 2.05) is 0 Å². The van der Waals surface area contributed by atoms with Gasteiger partial charge in [0.15, 0.2) is 17.4 Å². The minimum atomic E-state index is -1.04. The number of methoxy groups -OCH3 is 1. The van der Waals surface area contributed by atoms with Gasteiger partial charge in [-0.3, -0.25) is 4.79 Å². The Morgan fingerprint density at radius 1 is 1.29 bits per heavy atom. The van der Waals surface area contributed by atoms with Crippen molar-refractivity contribution in [2.75, 3.05) is 13.7 Å². The third-order valence-corrected chi connectivity index (χ3v) is 5.55. The van der Waals surface area contributed by atoms with Crippen LogP contribution in [0.3, 0.4) is 0 Å². The Morgan fingerprint density at radius 2 is 2.00 bits per heavy atom. The summed E-state index contributed by atoms with van der Waals surface area (Å²) in [7, 11) is 1.28. The van der Waals surface area contributed by atoms with Gasteiger partial charge in [0.25, 0.3) is 5.91 Å². The van der Waals surface area contributed by atoms with Crippen LogP contribution in [0.15, 0.2) is 24.0 Å². The summed E-state index contributed by atoms with van der Waals surface area (Å²) in [5.41, 5.74) is 0. The third kappa shape index (κ3) is 4.46. The molecule has 0 aromatic heterocycles. The normalized spacial score (nSPS) is 18.8. The Morgan fingerprint density at radius 3 is 2.68 bits per heavy atom. The van der Waals surface area contributed by atoms with Gasteiger partial charge in [0.1, 0.15) is 11.8 Å². The maximum Gasteiger partial charge on any atom is 0.328 e. The summed E-state index contributed by atoms with van der Waals surface area (Å²) in [6, 6.07) is 1.31. The van der Waals surface area contributed by atoms with Crippen molar-refractivity contribution >= 4 is 23.5 Å². The third-order valence-electron chi connectivity index (χ3n) is 5.26. The minimum absolute atomic E-state index is 0.0441. The van der Waals surface area contributed by atoms with Crippen LogP contribution < -0.4 is 4.74 Å². The number of carbonyl (C=O) groups is 2. The molecule has 1 saturated carbocycles. The number of ether oxygens (including phenoxy) is 2. The first-order chi connectivity index (χ1) is 13.4. The summed E-state index contributed by atoms with van der Waals surface area (Å²) in [6.45, 7) is -0.0727. The zero-order valence-electron chi connectivity index (χ0n) is 15.6. The van der Waals surface area contributed by atoms with Gasteiger partial charge in [-0.15, -0.1) is 0 Å². The quantitative estimate of drug-likeness (QED) is 0.517. The number of amides is 1. The summed E-state index contributed by atoms with van der Waals surface area (Å²) in [5, 5.41) is -0.289. The predicted molar refractivity (Wildman–Crippen MR) is 98.8 cm³/mol. The second-order valence-electron chi connectivity index (χ2n) is 7.13. The lowest BCUT2D eigenvalue weighted by atomic mass is 9.84. The molecular formula is C20H22ClF2NO4. The minimum Gasteiger partial charge on any atom is -0.467 e. The lowest BCUT2D eigenvalue weighted by molar-refractivity contribution is -0.151. The first-order valence-electron chi connectivity index (χ1n) is 9.31. The van der Waals surface area contributed by atoms with E-state index in [2.05, 4.69) is 0 Å². The van der Waals surface area contributed by atoms with Gasteiger partial charge in [0.05, 0.1) is 18.7 Å². The molecule has 0 radical (unpaired) electrons. The van der Waals surface area contributed by atoms with Crippen LogP contribution in [-0.2, 0) is 14.3 Å². The highest BCUT2D eigenvalue weighted by molar-refractivity contribution is 6.30.